The minimum atomic E-state index is -0.940. The van der Waals surface area contributed by atoms with Crippen LogP contribution in [0, 0.1) is 0 Å². The number of benzene rings is 1. The fraction of sp³-hybridized carbons (Fsp3) is 0.588. The fourth-order valence-corrected chi connectivity index (χ4v) is 1.87. The molecule has 22 heavy (non-hydrogen) atoms. The summed E-state index contributed by atoms with van der Waals surface area (Å²) in [6.45, 7) is 5.09. The largest absolute Gasteiger partial charge is 0.491 e. The molecule has 0 bridgehead atoms. The highest BCUT2D eigenvalue weighted by atomic mass is 16.5. The number of hydrogen-bond acceptors (Lipinski definition) is 4. The number of carboxylic acid groups (broad SMARTS) is 1. The molecule has 5 nitrogen and oxygen atoms in total. The molecule has 0 unspecified atom stereocenters. The van der Waals surface area contributed by atoms with Gasteiger partial charge in [-0.25, -0.2) is 4.79 Å². The van der Waals surface area contributed by atoms with Gasteiger partial charge in [0.2, 0.25) is 0 Å². The van der Waals surface area contributed by atoms with Crippen molar-refractivity contribution in [2.75, 3.05) is 33.0 Å². The molecule has 1 aromatic carbocycles. The Balaban J connectivity index is 1.94. The van der Waals surface area contributed by atoms with E-state index in [1.165, 1.54) is 31.4 Å². The van der Waals surface area contributed by atoms with Crippen LogP contribution in [0.3, 0.4) is 0 Å². The smallest absolute Gasteiger partial charge is 0.335 e. The minimum absolute atomic E-state index is 0.250. The zero-order valence-corrected chi connectivity index (χ0v) is 13.3. The Hall–Kier alpha value is -1.59. The Morgan fingerprint density at radius 3 is 2.18 bits per heavy atom. The Morgan fingerprint density at radius 2 is 1.55 bits per heavy atom. The van der Waals surface area contributed by atoms with Crippen LogP contribution in [0.1, 0.15) is 43.0 Å². The summed E-state index contributed by atoms with van der Waals surface area (Å²) in [6, 6.07) is 6.32. The molecule has 0 fully saturated rings. The van der Waals surface area contributed by atoms with E-state index in [4.69, 9.17) is 19.3 Å². The van der Waals surface area contributed by atoms with Gasteiger partial charge < -0.3 is 19.3 Å². The summed E-state index contributed by atoms with van der Waals surface area (Å²) in [5, 5.41) is 8.78. The Kier molecular flexibility index (Phi) is 10.1. The number of carbonyl (C=O) groups is 1. The van der Waals surface area contributed by atoms with Gasteiger partial charge in [-0.05, 0) is 30.7 Å². The third kappa shape index (κ3) is 8.64. The molecule has 5 heteroatoms. The summed E-state index contributed by atoms with van der Waals surface area (Å²) < 4.78 is 16.3. The number of aromatic carboxylic acids is 1. The molecule has 0 saturated carbocycles. The van der Waals surface area contributed by atoms with E-state index in [1.54, 1.807) is 12.1 Å². The van der Waals surface area contributed by atoms with E-state index < -0.39 is 5.97 Å². The first-order chi connectivity index (χ1) is 10.7. The van der Waals surface area contributed by atoms with Crippen molar-refractivity contribution in [1.82, 2.24) is 0 Å². The lowest BCUT2D eigenvalue weighted by Crippen LogP contribution is -2.11. The normalized spacial score (nSPS) is 10.6. The number of carboxylic acids is 1. The molecule has 1 rings (SSSR count). The molecule has 0 spiro atoms. The van der Waals surface area contributed by atoms with Crippen LogP contribution in [0.4, 0.5) is 0 Å². The average Bonchev–Trinajstić information content (AvgIpc) is 2.53. The van der Waals surface area contributed by atoms with E-state index in [2.05, 4.69) is 6.92 Å². The van der Waals surface area contributed by atoms with Gasteiger partial charge >= 0.3 is 5.97 Å². The lowest BCUT2D eigenvalue weighted by atomic mass is 10.2. The highest BCUT2D eigenvalue weighted by molar-refractivity contribution is 5.87. The first-order valence-electron chi connectivity index (χ1n) is 7.85. The first-order valence-corrected chi connectivity index (χ1v) is 7.85. The number of ether oxygens (including phenoxy) is 3. The topological polar surface area (TPSA) is 65.0 Å². The van der Waals surface area contributed by atoms with E-state index in [9.17, 15) is 4.79 Å². The van der Waals surface area contributed by atoms with Gasteiger partial charge in [-0.3, -0.25) is 0 Å². The van der Waals surface area contributed by atoms with Crippen LogP contribution < -0.4 is 4.74 Å². The fourth-order valence-electron chi connectivity index (χ4n) is 1.87. The molecular formula is C17H26O5. The zero-order valence-electron chi connectivity index (χ0n) is 13.3. The van der Waals surface area contributed by atoms with Gasteiger partial charge in [-0.15, -0.1) is 0 Å². The maximum absolute atomic E-state index is 10.7. The predicted octanol–water partition coefficient (Wildman–Crippen LogP) is 3.38. The molecule has 0 aliphatic rings. The van der Waals surface area contributed by atoms with Crippen LogP contribution in [0.15, 0.2) is 24.3 Å². The first kappa shape index (κ1) is 18.5. The number of hydrogen-bond donors (Lipinski definition) is 1. The van der Waals surface area contributed by atoms with Gasteiger partial charge in [-0.1, -0.05) is 26.2 Å². The van der Waals surface area contributed by atoms with Crippen molar-refractivity contribution < 1.29 is 24.1 Å². The van der Waals surface area contributed by atoms with E-state index in [-0.39, 0.29) is 5.56 Å². The van der Waals surface area contributed by atoms with Crippen molar-refractivity contribution in [3.63, 3.8) is 0 Å². The molecular weight excluding hydrogens is 284 g/mol. The van der Waals surface area contributed by atoms with E-state index >= 15 is 0 Å². The van der Waals surface area contributed by atoms with Crippen LogP contribution in [-0.4, -0.2) is 44.1 Å². The molecule has 1 N–H and O–H groups in total. The van der Waals surface area contributed by atoms with Crippen molar-refractivity contribution in [2.45, 2.75) is 32.6 Å². The molecule has 0 aromatic heterocycles. The summed E-state index contributed by atoms with van der Waals surface area (Å²) in [6.07, 6.45) is 4.85. The molecule has 0 aliphatic carbocycles. The molecule has 0 atom stereocenters. The van der Waals surface area contributed by atoms with Gasteiger partial charge in [0.05, 0.1) is 25.4 Å². The van der Waals surface area contributed by atoms with Crippen LogP contribution in [0.5, 0.6) is 5.75 Å². The zero-order chi connectivity index (χ0) is 16.0. The third-order valence-corrected chi connectivity index (χ3v) is 3.11. The Bertz CT molecular complexity index is 402. The number of unbranched alkanes of at least 4 members (excludes halogenated alkanes) is 3. The molecule has 124 valence electrons. The second-order valence-electron chi connectivity index (χ2n) is 4.96. The molecule has 1 aromatic rings. The quantitative estimate of drug-likeness (QED) is 0.566. The van der Waals surface area contributed by atoms with Gasteiger partial charge in [0.1, 0.15) is 12.4 Å². The maximum Gasteiger partial charge on any atom is 0.335 e. The maximum atomic E-state index is 10.7. The lowest BCUT2D eigenvalue weighted by molar-refractivity contribution is 0.0352. The van der Waals surface area contributed by atoms with Gasteiger partial charge in [-0.2, -0.15) is 0 Å². The summed E-state index contributed by atoms with van der Waals surface area (Å²) in [5.74, 6) is -0.301. The molecule has 0 aliphatic heterocycles. The van der Waals surface area contributed by atoms with Crippen molar-refractivity contribution >= 4 is 5.97 Å². The second-order valence-corrected chi connectivity index (χ2v) is 4.96. The molecule has 0 amide bonds. The Morgan fingerprint density at radius 1 is 0.909 bits per heavy atom. The molecule has 0 saturated heterocycles. The summed E-state index contributed by atoms with van der Waals surface area (Å²) in [5.41, 5.74) is 0.250. The van der Waals surface area contributed by atoms with E-state index in [0.29, 0.717) is 32.2 Å². The summed E-state index contributed by atoms with van der Waals surface area (Å²) in [7, 11) is 0. The average molecular weight is 310 g/mol. The summed E-state index contributed by atoms with van der Waals surface area (Å²) >= 11 is 0. The predicted molar refractivity (Wildman–Crippen MR) is 84.7 cm³/mol. The van der Waals surface area contributed by atoms with Gasteiger partial charge in [0.25, 0.3) is 0 Å². The van der Waals surface area contributed by atoms with Crippen molar-refractivity contribution in [2.24, 2.45) is 0 Å². The van der Waals surface area contributed by atoms with Crippen molar-refractivity contribution in [3.05, 3.63) is 29.8 Å². The van der Waals surface area contributed by atoms with Crippen molar-refractivity contribution in [3.8, 4) is 5.75 Å². The highest BCUT2D eigenvalue weighted by Gasteiger charge is 2.01. The van der Waals surface area contributed by atoms with E-state index in [1.807, 2.05) is 0 Å². The monoisotopic (exact) mass is 310 g/mol. The van der Waals surface area contributed by atoms with Crippen LogP contribution in [0.25, 0.3) is 0 Å². The van der Waals surface area contributed by atoms with Gasteiger partial charge in [0, 0.05) is 6.61 Å². The second kappa shape index (κ2) is 12.0. The summed E-state index contributed by atoms with van der Waals surface area (Å²) in [4.78, 5) is 10.7. The van der Waals surface area contributed by atoms with Gasteiger partial charge in [0.15, 0.2) is 0 Å². The number of rotatable bonds is 13. The standard InChI is InChI=1S/C17H26O5/c1-2-3-4-5-10-20-11-12-21-13-14-22-16-8-6-15(7-9-16)17(18)19/h6-9H,2-5,10-14H2,1H3,(H,18,19). The Labute approximate surface area is 132 Å². The molecule has 0 heterocycles. The van der Waals surface area contributed by atoms with Crippen LogP contribution in [0.2, 0.25) is 0 Å². The lowest BCUT2D eigenvalue weighted by Gasteiger charge is -2.08. The SMILES string of the molecule is CCCCCCOCCOCCOc1ccc(C(=O)O)cc1. The van der Waals surface area contributed by atoms with Crippen LogP contribution >= 0.6 is 0 Å². The van der Waals surface area contributed by atoms with Crippen LogP contribution in [-0.2, 0) is 9.47 Å². The minimum Gasteiger partial charge on any atom is -0.491 e. The van der Waals surface area contributed by atoms with E-state index in [0.717, 1.165) is 13.0 Å². The third-order valence-electron chi connectivity index (χ3n) is 3.11. The molecule has 0 radical (unpaired) electrons. The van der Waals surface area contributed by atoms with Crippen molar-refractivity contribution in [1.29, 1.82) is 0 Å². The highest BCUT2D eigenvalue weighted by Crippen LogP contribution is 2.11.